The highest BCUT2D eigenvalue weighted by molar-refractivity contribution is 7.89. The minimum atomic E-state index is -4.18. The molecule has 0 aliphatic heterocycles. The number of nitrogens with one attached hydrogen (secondary N) is 1. The van der Waals surface area contributed by atoms with Crippen molar-refractivity contribution in [2.45, 2.75) is 24.8 Å². The first-order chi connectivity index (χ1) is 9.70. The maximum Gasteiger partial charge on any atom is 0.323 e. The summed E-state index contributed by atoms with van der Waals surface area (Å²) in [5, 5.41) is 0. The summed E-state index contributed by atoms with van der Waals surface area (Å²) in [4.78, 5) is 10.6. The molecule has 1 aromatic rings. The Hall–Kier alpha value is -1.58. The number of esters is 1. The second kappa shape index (κ2) is 6.92. The average molecular weight is 334 g/mol. The van der Waals surface area contributed by atoms with Gasteiger partial charge in [-0.15, -0.1) is 0 Å². The molecule has 21 heavy (non-hydrogen) atoms. The molecular weight excluding hydrogens is 319 g/mol. The quantitative estimate of drug-likeness (QED) is 0.587. The Bertz CT molecular complexity index is 661. The third-order valence-corrected chi connectivity index (χ3v) is 4.27. The second-order valence-corrected chi connectivity index (χ2v) is 6.19. The van der Waals surface area contributed by atoms with Crippen LogP contribution in [0.1, 0.15) is 19.4 Å². The maximum absolute atomic E-state index is 13.7. The van der Waals surface area contributed by atoms with Crippen LogP contribution in [0.3, 0.4) is 0 Å². The van der Waals surface area contributed by atoms with Crippen molar-refractivity contribution in [2.75, 3.05) is 6.61 Å². The zero-order valence-electron chi connectivity index (χ0n) is 11.4. The SMILES string of the molecule is CCOC(=O)C(C)NS(=O)(=O)c1cccc(F)c1C(N)=S. The maximum atomic E-state index is 13.7. The van der Waals surface area contributed by atoms with Gasteiger partial charge in [-0.25, -0.2) is 12.8 Å². The molecule has 3 N–H and O–H groups in total. The van der Waals surface area contributed by atoms with E-state index in [9.17, 15) is 17.6 Å². The van der Waals surface area contributed by atoms with E-state index in [1.54, 1.807) is 6.92 Å². The van der Waals surface area contributed by atoms with Gasteiger partial charge in [-0.3, -0.25) is 4.79 Å². The first-order valence-corrected chi connectivity index (χ1v) is 7.87. The molecule has 116 valence electrons. The minimum Gasteiger partial charge on any atom is -0.465 e. The highest BCUT2D eigenvalue weighted by atomic mass is 32.2. The van der Waals surface area contributed by atoms with E-state index in [4.69, 9.17) is 10.5 Å². The summed E-state index contributed by atoms with van der Waals surface area (Å²) in [6.45, 7) is 3.02. The monoisotopic (exact) mass is 334 g/mol. The molecule has 0 saturated heterocycles. The molecule has 1 atom stereocenters. The van der Waals surface area contributed by atoms with Gasteiger partial charge in [0.05, 0.1) is 17.1 Å². The van der Waals surface area contributed by atoms with Crippen molar-refractivity contribution >= 4 is 33.2 Å². The Morgan fingerprint density at radius 2 is 2.14 bits per heavy atom. The first-order valence-electron chi connectivity index (χ1n) is 5.98. The van der Waals surface area contributed by atoms with Crippen LogP contribution >= 0.6 is 12.2 Å². The highest BCUT2D eigenvalue weighted by Crippen LogP contribution is 2.19. The standard InChI is InChI=1S/C12H15FN2O4S2/c1-3-19-12(16)7(2)15-21(17,18)9-6-4-5-8(13)10(9)11(14)20/h4-7,15H,3H2,1-2H3,(H2,14,20). The Balaban J connectivity index is 3.18. The van der Waals surface area contributed by atoms with Crippen LogP contribution in [0.25, 0.3) is 0 Å². The number of carbonyl (C=O) groups is 1. The summed E-state index contributed by atoms with van der Waals surface area (Å²) < 4.78 is 44.9. The van der Waals surface area contributed by atoms with Crippen molar-refractivity contribution in [3.05, 3.63) is 29.6 Å². The van der Waals surface area contributed by atoms with Gasteiger partial charge in [0, 0.05) is 0 Å². The number of carbonyl (C=O) groups excluding carboxylic acids is 1. The fourth-order valence-corrected chi connectivity index (χ4v) is 3.27. The van der Waals surface area contributed by atoms with Crippen LogP contribution in [0, 0.1) is 5.82 Å². The average Bonchev–Trinajstić information content (AvgIpc) is 2.37. The summed E-state index contributed by atoms with van der Waals surface area (Å²) in [5.74, 6) is -1.59. The lowest BCUT2D eigenvalue weighted by Crippen LogP contribution is -2.40. The topological polar surface area (TPSA) is 98.5 Å². The molecule has 1 aromatic carbocycles. The molecule has 6 nitrogen and oxygen atoms in total. The van der Waals surface area contributed by atoms with Gasteiger partial charge >= 0.3 is 5.97 Å². The molecule has 0 amide bonds. The molecule has 0 heterocycles. The van der Waals surface area contributed by atoms with Crippen LogP contribution in [0.15, 0.2) is 23.1 Å². The molecule has 1 unspecified atom stereocenters. The molecule has 0 spiro atoms. The number of halogens is 1. The van der Waals surface area contributed by atoms with Crippen molar-refractivity contribution in [2.24, 2.45) is 5.73 Å². The lowest BCUT2D eigenvalue weighted by molar-refractivity contribution is -0.144. The molecule has 0 saturated carbocycles. The van der Waals surface area contributed by atoms with Crippen molar-refractivity contribution in [1.82, 2.24) is 4.72 Å². The van der Waals surface area contributed by atoms with Crippen LogP contribution in [-0.2, 0) is 19.6 Å². The predicted octanol–water partition coefficient (Wildman–Crippen LogP) is 0.690. The van der Waals surface area contributed by atoms with Crippen LogP contribution in [0.4, 0.5) is 4.39 Å². The number of nitrogens with two attached hydrogens (primary N) is 1. The Morgan fingerprint density at radius 3 is 2.67 bits per heavy atom. The number of thiocarbonyl (C=S) groups is 1. The fraction of sp³-hybridized carbons (Fsp3) is 0.333. The van der Waals surface area contributed by atoms with Crippen molar-refractivity contribution in [3.63, 3.8) is 0 Å². The van der Waals surface area contributed by atoms with Crippen molar-refractivity contribution in [1.29, 1.82) is 0 Å². The summed E-state index contributed by atoms with van der Waals surface area (Å²) in [5.41, 5.74) is 4.97. The number of hydrogen-bond acceptors (Lipinski definition) is 5. The van der Waals surface area contributed by atoms with Crippen LogP contribution in [-0.4, -0.2) is 32.0 Å². The number of benzene rings is 1. The smallest absolute Gasteiger partial charge is 0.323 e. The van der Waals surface area contributed by atoms with Crippen LogP contribution < -0.4 is 10.5 Å². The van der Waals surface area contributed by atoms with Crippen molar-refractivity contribution < 1.29 is 22.3 Å². The van der Waals surface area contributed by atoms with Gasteiger partial charge in [-0.1, -0.05) is 18.3 Å². The van der Waals surface area contributed by atoms with E-state index in [2.05, 4.69) is 16.9 Å². The molecule has 1 rings (SSSR count). The van der Waals surface area contributed by atoms with E-state index in [1.807, 2.05) is 0 Å². The molecule has 0 aliphatic rings. The fourth-order valence-electron chi connectivity index (χ4n) is 1.58. The van der Waals surface area contributed by atoms with Crippen molar-refractivity contribution in [3.8, 4) is 0 Å². The molecule has 0 radical (unpaired) electrons. The van der Waals surface area contributed by atoms with Gasteiger partial charge < -0.3 is 10.5 Å². The van der Waals surface area contributed by atoms with Gasteiger partial charge in [0.15, 0.2) is 0 Å². The largest absolute Gasteiger partial charge is 0.465 e. The van der Waals surface area contributed by atoms with E-state index in [1.165, 1.54) is 13.0 Å². The van der Waals surface area contributed by atoms with Gasteiger partial charge in [0.25, 0.3) is 0 Å². The highest BCUT2D eigenvalue weighted by Gasteiger charge is 2.27. The Morgan fingerprint density at radius 1 is 1.52 bits per heavy atom. The number of sulfonamides is 1. The van der Waals surface area contributed by atoms with E-state index >= 15 is 0 Å². The normalized spacial score (nSPS) is 12.7. The van der Waals surface area contributed by atoms with Crippen LogP contribution in [0.5, 0.6) is 0 Å². The van der Waals surface area contributed by atoms with Gasteiger partial charge in [-0.05, 0) is 26.0 Å². The van der Waals surface area contributed by atoms with Gasteiger partial charge in [-0.2, -0.15) is 4.72 Å². The van der Waals surface area contributed by atoms with E-state index in [0.717, 1.165) is 12.1 Å². The number of ether oxygens (including phenoxy) is 1. The van der Waals surface area contributed by atoms with Gasteiger partial charge in [0.2, 0.25) is 10.0 Å². The minimum absolute atomic E-state index is 0.114. The third kappa shape index (κ3) is 4.19. The lowest BCUT2D eigenvalue weighted by atomic mass is 10.2. The summed E-state index contributed by atoms with van der Waals surface area (Å²) >= 11 is 4.67. The first kappa shape index (κ1) is 17.5. The van der Waals surface area contributed by atoms with Gasteiger partial charge in [0.1, 0.15) is 16.8 Å². The Labute approximate surface area is 127 Å². The molecule has 9 heteroatoms. The molecule has 0 bridgehead atoms. The van der Waals surface area contributed by atoms with E-state index in [0.29, 0.717) is 0 Å². The van der Waals surface area contributed by atoms with E-state index in [-0.39, 0.29) is 6.61 Å². The zero-order valence-corrected chi connectivity index (χ0v) is 13.1. The van der Waals surface area contributed by atoms with E-state index < -0.39 is 43.3 Å². The molecule has 0 fully saturated rings. The predicted molar refractivity (Wildman–Crippen MR) is 78.7 cm³/mol. The summed E-state index contributed by atoms with van der Waals surface area (Å²) in [7, 11) is -4.18. The summed E-state index contributed by atoms with van der Waals surface area (Å²) in [6, 6.07) is 2.28. The number of hydrogen-bond donors (Lipinski definition) is 2. The lowest BCUT2D eigenvalue weighted by Gasteiger charge is -2.15. The molecule has 0 aromatic heterocycles. The summed E-state index contributed by atoms with van der Waals surface area (Å²) in [6.07, 6.45) is 0. The molecule has 0 aliphatic carbocycles. The second-order valence-electron chi connectivity index (χ2n) is 4.07. The molecular formula is C12H15FN2O4S2. The van der Waals surface area contributed by atoms with Crippen LogP contribution in [0.2, 0.25) is 0 Å². The third-order valence-electron chi connectivity index (χ3n) is 2.48. The Kier molecular flexibility index (Phi) is 5.76. The number of rotatable bonds is 6. The zero-order chi connectivity index (χ0) is 16.2.